The van der Waals surface area contributed by atoms with Crippen molar-refractivity contribution in [3.05, 3.63) is 29.7 Å². The summed E-state index contributed by atoms with van der Waals surface area (Å²) in [6.07, 6.45) is 4.84. The lowest BCUT2D eigenvalue weighted by molar-refractivity contribution is 0.0792. The second-order valence-corrected chi connectivity index (χ2v) is 7.74. The van der Waals surface area contributed by atoms with E-state index in [9.17, 15) is 9.59 Å². The average molecular weight is 370 g/mol. The summed E-state index contributed by atoms with van der Waals surface area (Å²) < 4.78 is 1.91. The molecular formula is C19H26N6O2. The van der Waals surface area contributed by atoms with Gasteiger partial charge < -0.3 is 15.1 Å². The molecule has 0 spiro atoms. The summed E-state index contributed by atoms with van der Waals surface area (Å²) in [5, 5.41) is 11.5. The molecule has 4 rings (SSSR count). The van der Waals surface area contributed by atoms with Crippen LogP contribution in [0.25, 0.3) is 5.65 Å². The summed E-state index contributed by atoms with van der Waals surface area (Å²) in [5.74, 6) is 1.01. The van der Waals surface area contributed by atoms with Gasteiger partial charge in [-0.15, -0.1) is 10.2 Å². The molecule has 8 nitrogen and oxygen atoms in total. The Hall–Kier alpha value is -2.64. The third kappa shape index (κ3) is 3.48. The molecule has 1 N–H and O–H groups in total. The zero-order valence-electron chi connectivity index (χ0n) is 15.9. The maximum absolute atomic E-state index is 12.7. The van der Waals surface area contributed by atoms with Gasteiger partial charge >= 0.3 is 6.03 Å². The topological polar surface area (TPSA) is 82.8 Å². The van der Waals surface area contributed by atoms with Gasteiger partial charge in [0.05, 0.1) is 5.56 Å². The zero-order valence-corrected chi connectivity index (χ0v) is 15.9. The molecule has 2 aliphatic heterocycles. The summed E-state index contributed by atoms with van der Waals surface area (Å²) in [6, 6.07) is 3.75. The van der Waals surface area contributed by atoms with Crippen LogP contribution in [-0.2, 0) is 0 Å². The first kappa shape index (κ1) is 17.8. The molecule has 0 aromatic carbocycles. The van der Waals surface area contributed by atoms with E-state index >= 15 is 0 Å². The molecule has 2 fully saturated rings. The lowest BCUT2D eigenvalue weighted by Crippen LogP contribution is -2.41. The highest BCUT2D eigenvalue weighted by Crippen LogP contribution is 2.27. The molecule has 27 heavy (non-hydrogen) atoms. The quantitative estimate of drug-likeness (QED) is 0.894. The first-order valence-electron chi connectivity index (χ1n) is 9.72. The van der Waals surface area contributed by atoms with Crippen molar-refractivity contribution in [2.75, 3.05) is 26.2 Å². The predicted molar refractivity (Wildman–Crippen MR) is 101 cm³/mol. The van der Waals surface area contributed by atoms with E-state index in [4.69, 9.17) is 0 Å². The number of hydrogen-bond donors (Lipinski definition) is 1. The maximum atomic E-state index is 12.7. The lowest BCUT2D eigenvalue weighted by Gasteiger charge is -2.19. The van der Waals surface area contributed by atoms with E-state index in [0.717, 1.165) is 43.8 Å². The predicted octanol–water partition coefficient (Wildman–Crippen LogP) is 1.87. The fourth-order valence-electron chi connectivity index (χ4n) is 3.91. The van der Waals surface area contributed by atoms with Crippen LogP contribution in [0.2, 0.25) is 0 Å². The minimum atomic E-state index is -0.0359. The molecule has 0 radical (unpaired) electrons. The number of carbonyl (C=O) groups is 2. The average Bonchev–Trinajstić information content (AvgIpc) is 3.38. The zero-order chi connectivity index (χ0) is 19.0. The van der Waals surface area contributed by atoms with Gasteiger partial charge in [0.25, 0.3) is 5.91 Å². The summed E-state index contributed by atoms with van der Waals surface area (Å²) in [6.45, 7) is 6.88. The maximum Gasteiger partial charge on any atom is 0.317 e. The number of likely N-dealkylation sites (tertiary alicyclic amines) is 2. The van der Waals surface area contributed by atoms with Crippen molar-refractivity contribution >= 4 is 17.6 Å². The van der Waals surface area contributed by atoms with Crippen molar-refractivity contribution in [1.29, 1.82) is 0 Å². The molecule has 2 aromatic heterocycles. The molecule has 0 aliphatic carbocycles. The minimum absolute atomic E-state index is 0.0359. The van der Waals surface area contributed by atoms with E-state index in [1.54, 1.807) is 0 Å². The third-order valence-corrected chi connectivity index (χ3v) is 5.32. The largest absolute Gasteiger partial charge is 0.339 e. The van der Waals surface area contributed by atoms with Crippen molar-refractivity contribution in [2.45, 2.75) is 45.1 Å². The Morgan fingerprint density at radius 2 is 1.89 bits per heavy atom. The molecule has 4 heterocycles. The Balaban J connectivity index is 1.55. The Bertz CT molecular complexity index is 855. The van der Waals surface area contributed by atoms with E-state index in [1.165, 1.54) is 0 Å². The van der Waals surface area contributed by atoms with Crippen LogP contribution in [0.3, 0.4) is 0 Å². The number of nitrogens with zero attached hydrogens (tertiary/aromatic N) is 5. The summed E-state index contributed by atoms with van der Waals surface area (Å²) >= 11 is 0. The smallest absolute Gasteiger partial charge is 0.317 e. The molecular weight excluding hydrogens is 344 g/mol. The molecule has 8 heteroatoms. The number of pyridine rings is 1. The normalized spacial score (nSPS) is 20.0. The highest BCUT2D eigenvalue weighted by atomic mass is 16.2. The van der Waals surface area contributed by atoms with Crippen LogP contribution >= 0.6 is 0 Å². The van der Waals surface area contributed by atoms with Gasteiger partial charge in [0, 0.05) is 44.3 Å². The Kier molecular flexibility index (Phi) is 4.72. The molecule has 2 aliphatic rings. The van der Waals surface area contributed by atoms with E-state index in [2.05, 4.69) is 15.5 Å². The number of aromatic nitrogens is 3. The first-order valence-corrected chi connectivity index (χ1v) is 9.72. The fraction of sp³-hybridized carbons (Fsp3) is 0.579. The summed E-state index contributed by atoms with van der Waals surface area (Å²) in [4.78, 5) is 28.7. The van der Waals surface area contributed by atoms with Crippen molar-refractivity contribution < 1.29 is 9.59 Å². The lowest BCUT2D eigenvalue weighted by atomic mass is 10.1. The van der Waals surface area contributed by atoms with E-state index in [-0.39, 0.29) is 23.9 Å². The Labute approximate surface area is 158 Å². The molecule has 0 bridgehead atoms. The monoisotopic (exact) mass is 370 g/mol. The molecule has 1 unspecified atom stereocenters. The van der Waals surface area contributed by atoms with Crippen molar-refractivity contribution in [2.24, 2.45) is 0 Å². The summed E-state index contributed by atoms with van der Waals surface area (Å²) in [5.41, 5.74) is 1.39. The Morgan fingerprint density at radius 3 is 2.63 bits per heavy atom. The highest BCUT2D eigenvalue weighted by molar-refractivity contribution is 5.94. The van der Waals surface area contributed by atoms with Gasteiger partial charge in [0.1, 0.15) is 5.82 Å². The van der Waals surface area contributed by atoms with Gasteiger partial charge in [0.15, 0.2) is 5.65 Å². The van der Waals surface area contributed by atoms with Crippen LogP contribution in [0.1, 0.15) is 55.2 Å². The van der Waals surface area contributed by atoms with Gasteiger partial charge in [-0.25, -0.2) is 4.79 Å². The molecule has 144 valence electrons. The standard InChI is InChI=1S/C19H26N6O2/c1-13(2)20-19(27)24-10-7-14(11-24)17-22-21-16-6-5-15(12-25(16)17)18(26)23-8-3-4-9-23/h5-6,12-14H,3-4,7-11H2,1-2H3,(H,20,27). The van der Waals surface area contributed by atoms with Crippen molar-refractivity contribution in [3.63, 3.8) is 0 Å². The van der Waals surface area contributed by atoms with Crippen LogP contribution in [0, 0.1) is 0 Å². The molecule has 1 atom stereocenters. The number of hydrogen-bond acceptors (Lipinski definition) is 4. The van der Waals surface area contributed by atoms with E-state index in [1.807, 2.05) is 46.4 Å². The SMILES string of the molecule is CC(C)NC(=O)N1CCC(c2nnc3ccc(C(=O)N4CCCC4)cn23)C1. The number of fused-ring (bicyclic) bond motifs is 1. The van der Waals surface area contributed by atoms with Gasteiger partial charge in [-0.3, -0.25) is 9.20 Å². The highest BCUT2D eigenvalue weighted by Gasteiger charge is 2.31. The van der Waals surface area contributed by atoms with E-state index in [0.29, 0.717) is 18.7 Å². The van der Waals surface area contributed by atoms with Gasteiger partial charge in [-0.1, -0.05) is 0 Å². The second-order valence-electron chi connectivity index (χ2n) is 7.74. The van der Waals surface area contributed by atoms with Gasteiger partial charge in [-0.2, -0.15) is 0 Å². The molecule has 0 saturated carbocycles. The minimum Gasteiger partial charge on any atom is -0.339 e. The number of rotatable bonds is 3. The number of amides is 3. The van der Waals surface area contributed by atoms with Crippen molar-refractivity contribution in [3.8, 4) is 0 Å². The van der Waals surface area contributed by atoms with Gasteiger partial charge in [-0.05, 0) is 45.2 Å². The van der Waals surface area contributed by atoms with Crippen LogP contribution in [0.4, 0.5) is 4.79 Å². The third-order valence-electron chi connectivity index (χ3n) is 5.32. The van der Waals surface area contributed by atoms with Crippen LogP contribution < -0.4 is 5.32 Å². The molecule has 3 amide bonds. The number of nitrogens with one attached hydrogen (secondary N) is 1. The van der Waals surface area contributed by atoms with E-state index < -0.39 is 0 Å². The van der Waals surface area contributed by atoms with Crippen LogP contribution in [0.15, 0.2) is 18.3 Å². The van der Waals surface area contributed by atoms with Crippen LogP contribution in [-0.4, -0.2) is 68.6 Å². The fourth-order valence-corrected chi connectivity index (χ4v) is 3.91. The number of urea groups is 1. The van der Waals surface area contributed by atoms with Gasteiger partial charge in [0.2, 0.25) is 0 Å². The molecule has 2 saturated heterocycles. The summed E-state index contributed by atoms with van der Waals surface area (Å²) in [7, 11) is 0. The second kappa shape index (κ2) is 7.17. The van der Waals surface area contributed by atoms with Crippen LogP contribution in [0.5, 0.6) is 0 Å². The molecule has 2 aromatic rings. The van der Waals surface area contributed by atoms with Crippen molar-refractivity contribution in [1.82, 2.24) is 29.7 Å². The first-order chi connectivity index (χ1) is 13.0. The number of carbonyl (C=O) groups excluding carboxylic acids is 2. The Morgan fingerprint density at radius 1 is 1.11 bits per heavy atom.